The zero-order chi connectivity index (χ0) is 21.6. The maximum atomic E-state index is 12.5. The predicted molar refractivity (Wildman–Crippen MR) is 107 cm³/mol. The number of rotatable bonds is 9. The first kappa shape index (κ1) is 22.4. The molecule has 1 atom stereocenters. The van der Waals surface area contributed by atoms with E-state index in [1.54, 1.807) is 13.8 Å². The van der Waals surface area contributed by atoms with E-state index in [2.05, 4.69) is 10.6 Å². The van der Waals surface area contributed by atoms with Crippen molar-refractivity contribution < 1.29 is 23.9 Å². The van der Waals surface area contributed by atoms with Gasteiger partial charge >= 0.3 is 12.0 Å². The summed E-state index contributed by atoms with van der Waals surface area (Å²) in [5, 5.41) is 5.47. The minimum Gasteiger partial charge on any atom is -0.454 e. The van der Waals surface area contributed by atoms with Crippen LogP contribution < -0.4 is 10.6 Å². The van der Waals surface area contributed by atoms with Crippen LogP contribution in [0.25, 0.3) is 0 Å². The second kappa shape index (κ2) is 9.54. The second-order valence-corrected chi connectivity index (χ2v) is 7.21. The number of esters is 1. The van der Waals surface area contributed by atoms with Crippen molar-refractivity contribution >= 4 is 23.8 Å². The number of hydrogen-bond acceptors (Lipinski definition) is 5. The Morgan fingerprint density at radius 3 is 2.28 bits per heavy atom. The molecule has 1 aliphatic heterocycles. The molecule has 0 saturated carbocycles. The Labute approximate surface area is 171 Å². The van der Waals surface area contributed by atoms with Gasteiger partial charge in [-0.3, -0.25) is 19.3 Å². The van der Waals surface area contributed by atoms with Gasteiger partial charge in [-0.1, -0.05) is 50.6 Å². The van der Waals surface area contributed by atoms with Gasteiger partial charge in [-0.05, 0) is 31.7 Å². The summed E-state index contributed by atoms with van der Waals surface area (Å²) in [5.41, 5.74) is 1.11. The number of amides is 4. The average molecular weight is 403 g/mol. The molecule has 0 aromatic heterocycles. The molecule has 8 heteroatoms. The molecule has 29 heavy (non-hydrogen) atoms. The van der Waals surface area contributed by atoms with Crippen LogP contribution in [0.4, 0.5) is 4.79 Å². The van der Waals surface area contributed by atoms with Crippen molar-refractivity contribution in [3.63, 3.8) is 0 Å². The molecule has 0 aliphatic carbocycles. The molecule has 2 rings (SSSR count). The zero-order valence-electron chi connectivity index (χ0n) is 17.4. The van der Waals surface area contributed by atoms with Crippen LogP contribution in [0, 0.1) is 6.92 Å². The molecule has 0 radical (unpaired) electrons. The van der Waals surface area contributed by atoms with Gasteiger partial charge in [0.2, 0.25) is 0 Å². The summed E-state index contributed by atoms with van der Waals surface area (Å²) in [7, 11) is 0. The van der Waals surface area contributed by atoms with Crippen molar-refractivity contribution in [3.8, 4) is 0 Å². The summed E-state index contributed by atoms with van der Waals surface area (Å²) in [6, 6.07) is 7.01. The molecular weight excluding hydrogens is 374 g/mol. The predicted octanol–water partition coefficient (Wildman–Crippen LogP) is 2.22. The Bertz CT molecular complexity index is 771. The van der Waals surface area contributed by atoms with Crippen molar-refractivity contribution in [3.05, 3.63) is 35.4 Å². The Kier molecular flexibility index (Phi) is 7.36. The molecule has 2 N–H and O–H groups in total. The second-order valence-electron chi connectivity index (χ2n) is 7.21. The number of hydrogen-bond donors (Lipinski definition) is 2. The van der Waals surface area contributed by atoms with Crippen LogP contribution in [-0.2, 0) is 19.1 Å². The quantitative estimate of drug-likeness (QED) is 0.486. The van der Waals surface area contributed by atoms with Gasteiger partial charge < -0.3 is 15.4 Å². The van der Waals surface area contributed by atoms with Crippen LogP contribution in [0.15, 0.2) is 24.3 Å². The minimum atomic E-state index is -0.975. The number of nitrogens with one attached hydrogen (secondary N) is 2. The first-order valence-corrected chi connectivity index (χ1v) is 9.92. The van der Waals surface area contributed by atoms with E-state index in [4.69, 9.17) is 4.74 Å². The third-order valence-electron chi connectivity index (χ3n) is 5.33. The van der Waals surface area contributed by atoms with Gasteiger partial charge in [0.1, 0.15) is 12.1 Å². The molecule has 4 amide bonds. The Morgan fingerprint density at radius 2 is 1.76 bits per heavy atom. The molecule has 1 aromatic carbocycles. The largest absolute Gasteiger partial charge is 0.454 e. The smallest absolute Gasteiger partial charge is 0.326 e. The first-order valence-electron chi connectivity index (χ1n) is 9.92. The molecular formula is C21H29N3O5. The molecule has 1 fully saturated rings. The number of nitrogens with zero attached hydrogens (tertiary/aromatic N) is 1. The highest BCUT2D eigenvalue weighted by molar-refractivity contribution is 6.08. The molecule has 8 nitrogen and oxygen atoms in total. The summed E-state index contributed by atoms with van der Waals surface area (Å²) < 4.78 is 4.97. The lowest BCUT2D eigenvalue weighted by atomic mass is 9.93. The lowest BCUT2D eigenvalue weighted by Gasteiger charge is -2.22. The van der Waals surface area contributed by atoms with E-state index in [-0.39, 0.29) is 6.04 Å². The standard InChI is InChI=1S/C21H29N3O5/c1-5-16(15-10-8-14(4)9-11-15)22-17(25)13-29-18(26)12-24-19(27)21(6-2,7-3)23-20(24)28/h8-11,16H,5-7,12-13H2,1-4H3,(H,22,25)(H,23,28)/t16-/m1/s1. The van der Waals surface area contributed by atoms with Gasteiger partial charge in [-0.2, -0.15) is 0 Å². The number of carbonyl (C=O) groups excluding carboxylic acids is 4. The fourth-order valence-corrected chi connectivity index (χ4v) is 3.33. The van der Waals surface area contributed by atoms with Crippen molar-refractivity contribution in [1.82, 2.24) is 15.5 Å². The molecule has 0 unspecified atom stereocenters. The molecule has 1 aliphatic rings. The Hall–Kier alpha value is -2.90. The third-order valence-corrected chi connectivity index (χ3v) is 5.33. The summed E-state index contributed by atoms with van der Waals surface area (Å²) >= 11 is 0. The van der Waals surface area contributed by atoms with Crippen LogP contribution in [-0.4, -0.2) is 47.4 Å². The van der Waals surface area contributed by atoms with E-state index >= 15 is 0 Å². The van der Waals surface area contributed by atoms with E-state index in [1.165, 1.54) is 0 Å². The van der Waals surface area contributed by atoms with E-state index in [0.717, 1.165) is 16.0 Å². The normalized spacial score (nSPS) is 16.3. The van der Waals surface area contributed by atoms with Gasteiger partial charge in [-0.15, -0.1) is 0 Å². The van der Waals surface area contributed by atoms with Crippen LogP contribution in [0.5, 0.6) is 0 Å². The van der Waals surface area contributed by atoms with Crippen molar-refractivity contribution in [2.24, 2.45) is 0 Å². The SMILES string of the molecule is CC[C@@H](NC(=O)COC(=O)CN1C(=O)NC(CC)(CC)C1=O)c1ccc(C)cc1. The van der Waals surface area contributed by atoms with Gasteiger partial charge in [0.25, 0.3) is 11.8 Å². The van der Waals surface area contributed by atoms with Crippen LogP contribution >= 0.6 is 0 Å². The van der Waals surface area contributed by atoms with Crippen LogP contribution in [0.2, 0.25) is 0 Å². The Balaban J connectivity index is 1.87. The molecule has 158 valence electrons. The summed E-state index contributed by atoms with van der Waals surface area (Å²) in [6.45, 7) is 6.53. The molecule has 0 bridgehead atoms. The van der Waals surface area contributed by atoms with Gasteiger partial charge in [0, 0.05) is 0 Å². The molecule has 1 heterocycles. The number of aryl methyl sites for hydroxylation is 1. The highest BCUT2D eigenvalue weighted by Gasteiger charge is 2.49. The van der Waals surface area contributed by atoms with Crippen molar-refractivity contribution in [1.29, 1.82) is 0 Å². The number of carbonyl (C=O) groups is 4. The Morgan fingerprint density at radius 1 is 1.14 bits per heavy atom. The fraction of sp³-hybridized carbons (Fsp3) is 0.524. The fourth-order valence-electron chi connectivity index (χ4n) is 3.33. The monoisotopic (exact) mass is 403 g/mol. The average Bonchev–Trinajstić information content (AvgIpc) is 2.95. The molecule has 1 aromatic rings. The third kappa shape index (κ3) is 5.13. The number of urea groups is 1. The van der Waals surface area contributed by atoms with Crippen LogP contribution in [0.3, 0.4) is 0 Å². The first-order chi connectivity index (χ1) is 13.8. The molecule has 0 spiro atoms. The van der Waals surface area contributed by atoms with E-state index in [1.807, 2.05) is 38.1 Å². The topological polar surface area (TPSA) is 105 Å². The maximum Gasteiger partial charge on any atom is 0.326 e. The van der Waals surface area contributed by atoms with E-state index in [9.17, 15) is 19.2 Å². The van der Waals surface area contributed by atoms with E-state index < -0.39 is 42.5 Å². The van der Waals surface area contributed by atoms with Crippen LogP contribution in [0.1, 0.15) is 57.2 Å². The van der Waals surface area contributed by atoms with Gasteiger partial charge in [0.05, 0.1) is 6.04 Å². The highest BCUT2D eigenvalue weighted by Crippen LogP contribution is 2.24. The lowest BCUT2D eigenvalue weighted by Crippen LogP contribution is -2.46. The minimum absolute atomic E-state index is 0.192. The summed E-state index contributed by atoms with van der Waals surface area (Å²) in [6.07, 6.45) is 1.54. The van der Waals surface area contributed by atoms with Gasteiger partial charge in [-0.25, -0.2) is 4.79 Å². The maximum absolute atomic E-state index is 12.5. The molecule has 1 saturated heterocycles. The highest BCUT2D eigenvalue weighted by atomic mass is 16.5. The number of benzene rings is 1. The summed E-state index contributed by atoms with van der Waals surface area (Å²) in [4.78, 5) is 49.6. The van der Waals surface area contributed by atoms with Crippen molar-refractivity contribution in [2.45, 2.75) is 58.5 Å². The van der Waals surface area contributed by atoms with E-state index in [0.29, 0.717) is 19.3 Å². The van der Waals surface area contributed by atoms with Crippen molar-refractivity contribution in [2.75, 3.05) is 13.2 Å². The zero-order valence-corrected chi connectivity index (χ0v) is 17.4. The lowest BCUT2D eigenvalue weighted by molar-refractivity contribution is -0.151. The number of imide groups is 1. The van der Waals surface area contributed by atoms with Gasteiger partial charge in [0.15, 0.2) is 6.61 Å². The number of ether oxygens (including phenoxy) is 1. The summed E-state index contributed by atoms with van der Waals surface area (Å²) in [5.74, 6) is -1.70.